The fourth-order valence-electron chi connectivity index (χ4n) is 2.76. The summed E-state index contributed by atoms with van der Waals surface area (Å²) in [5.41, 5.74) is 1.32. The van der Waals surface area contributed by atoms with Crippen LogP contribution in [0.4, 0.5) is 0 Å². The van der Waals surface area contributed by atoms with Crippen LogP contribution in [0.2, 0.25) is 0 Å². The molecule has 2 rings (SSSR count). The number of hydrogen-bond donors (Lipinski definition) is 1. The molecule has 112 valence electrons. The Labute approximate surface area is 123 Å². The van der Waals surface area contributed by atoms with E-state index < -0.39 is 0 Å². The summed E-state index contributed by atoms with van der Waals surface area (Å²) in [6, 6.07) is 8.88. The SMILES string of the molecule is CCNC(C)c1ccc(OCCCN2CCCC2)cc1. The van der Waals surface area contributed by atoms with Crippen molar-refractivity contribution in [2.75, 3.05) is 32.8 Å². The van der Waals surface area contributed by atoms with Crippen LogP contribution in [0.5, 0.6) is 5.75 Å². The van der Waals surface area contributed by atoms with Crippen molar-refractivity contribution in [3.05, 3.63) is 29.8 Å². The van der Waals surface area contributed by atoms with Gasteiger partial charge in [-0.1, -0.05) is 19.1 Å². The van der Waals surface area contributed by atoms with Crippen molar-refractivity contribution in [1.82, 2.24) is 10.2 Å². The molecule has 0 aromatic heterocycles. The molecule has 1 N–H and O–H groups in total. The molecule has 20 heavy (non-hydrogen) atoms. The van der Waals surface area contributed by atoms with Gasteiger partial charge in [0, 0.05) is 12.6 Å². The summed E-state index contributed by atoms with van der Waals surface area (Å²) in [6.45, 7) is 9.86. The largest absolute Gasteiger partial charge is 0.494 e. The molecule has 1 aliphatic rings. The minimum Gasteiger partial charge on any atom is -0.494 e. The summed E-state index contributed by atoms with van der Waals surface area (Å²) in [6.07, 6.45) is 3.86. The molecule has 0 radical (unpaired) electrons. The second-order valence-electron chi connectivity index (χ2n) is 5.60. The van der Waals surface area contributed by atoms with Gasteiger partial charge in [0.1, 0.15) is 5.75 Å². The van der Waals surface area contributed by atoms with Crippen LogP contribution in [0.3, 0.4) is 0 Å². The van der Waals surface area contributed by atoms with Crippen LogP contribution < -0.4 is 10.1 Å². The van der Waals surface area contributed by atoms with Gasteiger partial charge in [-0.15, -0.1) is 0 Å². The normalized spacial score (nSPS) is 17.3. The Morgan fingerprint density at radius 2 is 1.90 bits per heavy atom. The highest BCUT2D eigenvalue weighted by molar-refractivity contribution is 5.28. The lowest BCUT2D eigenvalue weighted by Gasteiger charge is -2.15. The van der Waals surface area contributed by atoms with E-state index in [-0.39, 0.29) is 0 Å². The lowest BCUT2D eigenvalue weighted by atomic mass is 10.1. The maximum Gasteiger partial charge on any atom is 0.119 e. The van der Waals surface area contributed by atoms with Gasteiger partial charge in [0.05, 0.1) is 6.61 Å². The third-order valence-corrected chi connectivity index (χ3v) is 3.98. The molecule has 1 saturated heterocycles. The lowest BCUT2D eigenvalue weighted by Crippen LogP contribution is -2.21. The second-order valence-corrected chi connectivity index (χ2v) is 5.60. The number of rotatable bonds is 8. The molecular weight excluding hydrogens is 248 g/mol. The summed E-state index contributed by atoms with van der Waals surface area (Å²) in [5.74, 6) is 0.985. The van der Waals surface area contributed by atoms with Crippen LogP contribution >= 0.6 is 0 Å². The third kappa shape index (κ3) is 4.80. The Hall–Kier alpha value is -1.06. The maximum absolute atomic E-state index is 5.81. The monoisotopic (exact) mass is 276 g/mol. The quantitative estimate of drug-likeness (QED) is 0.738. The van der Waals surface area contributed by atoms with Gasteiger partial charge in [-0.3, -0.25) is 0 Å². The van der Waals surface area contributed by atoms with Crippen molar-refractivity contribution in [2.45, 2.75) is 39.2 Å². The molecule has 3 heteroatoms. The average molecular weight is 276 g/mol. The van der Waals surface area contributed by atoms with Crippen LogP contribution in [0.25, 0.3) is 0 Å². The number of likely N-dealkylation sites (tertiary alicyclic amines) is 1. The first kappa shape index (κ1) is 15.3. The maximum atomic E-state index is 5.81. The molecule has 1 unspecified atom stereocenters. The van der Waals surface area contributed by atoms with Crippen molar-refractivity contribution in [3.8, 4) is 5.75 Å². The molecule has 1 heterocycles. The molecule has 1 aliphatic heterocycles. The highest BCUT2D eigenvalue weighted by Gasteiger charge is 2.10. The fraction of sp³-hybridized carbons (Fsp3) is 0.647. The summed E-state index contributed by atoms with van der Waals surface area (Å²) in [4.78, 5) is 2.53. The Morgan fingerprint density at radius 3 is 2.55 bits per heavy atom. The molecule has 3 nitrogen and oxygen atoms in total. The highest BCUT2D eigenvalue weighted by Crippen LogP contribution is 2.17. The molecular formula is C17H28N2O. The Kier molecular flexibility index (Phi) is 6.34. The van der Waals surface area contributed by atoms with Crippen LogP contribution in [0.1, 0.15) is 44.7 Å². The molecule has 1 aromatic rings. The molecule has 1 fully saturated rings. The van der Waals surface area contributed by atoms with Gasteiger partial charge >= 0.3 is 0 Å². The minimum atomic E-state index is 0.407. The standard InChI is InChI=1S/C17H28N2O/c1-3-18-15(2)16-7-9-17(10-8-16)20-14-6-13-19-11-4-5-12-19/h7-10,15,18H,3-6,11-14H2,1-2H3. The van der Waals surface area contributed by atoms with Crippen LogP contribution in [0, 0.1) is 0 Å². The Balaban J connectivity index is 1.67. The van der Waals surface area contributed by atoms with E-state index in [9.17, 15) is 0 Å². The molecule has 0 spiro atoms. The summed E-state index contributed by atoms with van der Waals surface area (Å²) >= 11 is 0. The van der Waals surface area contributed by atoms with Crippen molar-refractivity contribution >= 4 is 0 Å². The average Bonchev–Trinajstić information content (AvgIpc) is 2.98. The topological polar surface area (TPSA) is 24.5 Å². The molecule has 0 saturated carbocycles. The zero-order valence-corrected chi connectivity index (χ0v) is 12.9. The van der Waals surface area contributed by atoms with E-state index in [1.54, 1.807) is 0 Å². The van der Waals surface area contributed by atoms with Gasteiger partial charge in [0.2, 0.25) is 0 Å². The first-order chi connectivity index (χ1) is 9.79. The molecule has 0 bridgehead atoms. The lowest BCUT2D eigenvalue weighted by molar-refractivity contribution is 0.263. The Bertz CT molecular complexity index is 371. The first-order valence-corrected chi connectivity index (χ1v) is 7.98. The number of hydrogen-bond acceptors (Lipinski definition) is 3. The smallest absolute Gasteiger partial charge is 0.119 e. The number of nitrogens with one attached hydrogen (secondary N) is 1. The second kappa shape index (κ2) is 8.28. The van der Waals surface area contributed by atoms with Crippen molar-refractivity contribution < 1.29 is 4.74 Å². The van der Waals surface area contributed by atoms with E-state index in [1.807, 2.05) is 0 Å². The first-order valence-electron chi connectivity index (χ1n) is 7.98. The van der Waals surface area contributed by atoms with Gasteiger partial charge in [-0.2, -0.15) is 0 Å². The van der Waals surface area contributed by atoms with E-state index >= 15 is 0 Å². The van der Waals surface area contributed by atoms with E-state index in [2.05, 4.69) is 48.3 Å². The molecule has 1 atom stereocenters. The van der Waals surface area contributed by atoms with Gasteiger partial charge in [0.15, 0.2) is 0 Å². The van der Waals surface area contributed by atoms with Crippen molar-refractivity contribution in [2.24, 2.45) is 0 Å². The van der Waals surface area contributed by atoms with Gasteiger partial charge in [-0.05, 0) is 63.5 Å². The predicted octanol–water partition coefficient (Wildman–Crippen LogP) is 3.22. The summed E-state index contributed by atoms with van der Waals surface area (Å²) in [7, 11) is 0. The van der Waals surface area contributed by atoms with E-state index in [0.717, 1.165) is 25.3 Å². The molecule has 0 amide bonds. The predicted molar refractivity (Wildman–Crippen MR) is 84.3 cm³/mol. The van der Waals surface area contributed by atoms with E-state index in [4.69, 9.17) is 4.74 Å². The van der Waals surface area contributed by atoms with E-state index in [1.165, 1.54) is 38.0 Å². The van der Waals surface area contributed by atoms with Crippen molar-refractivity contribution in [1.29, 1.82) is 0 Å². The molecule has 1 aromatic carbocycles. The van der Waals surface area contributed by atoms with Crippen molar-refractivity contribution in [3.63, 3.8) is 0 Å². The zero-order valence-electron chi connectivity index (χ0n) is 12.9. The Morgan fingerprint density at radius 1 is 1.20 bits per heavy atom. The third-order valence-electron chi connectivity index (χ3n) is 3.98. The molecule has 0 aliphatic carbocycles. The van der Waals surface area contributed by atoms with Crippen LogP contribution in [-0.4, -0.2) is 37.7 Å². The summed E-state index contributed by atoms with van der Waals surface area (Å²) in [5, 5.41) is 3.42. The van der Waals surface area contributed by atoms with Gasteiger partial charge < -0.3 is 15.0 Å². The summed E-state index contributed by atoms with van der Waals surface area (Å²) < 4.78 is 5.81. The van der Waals surface area contributed by atoms with E-state index in [0.29, 0.717) is 6.04 Å². The zero-order chi connectivity index (χ0) is 14.2. The minimum absolute atomic E-state index is 0.407. The van der Waals surface area contributed by atoms with Crippen LogP contribution in [0.15, 0.2) is 24.3 Å². The van der Waals surface area contributed by atoms with Gasteiger partial charge in [0.25, 0.3) is 0 Å². The number of nitrogens with zero attached hydrogens (tertiary/aromatic N) is 1. The van der Waals surface area contributed by atoms with Gasteiger partial charge in [-0.25, -0.2) is 0 Å². The highest BCUT2D eigenvalue weighted by atomic mass is 16.5. The fourth-order valence-corrected chi connectivity index (χ4v) is 2.76. The number of ether oxygens (including phenoxy) is 1. The number of benzene rings is 1. The van der Waals surface area contributed by atoms with Crippen LogP contribution in [-0.2, 0) is 0 Å².